The van der Waals surface area contributed by atoms with Crippen molar-refractivity contribution in [2.45, 2.75) is 0 Å². The van der Waals surface area contributed by atoms with Gasteiger partial charge >= 0.3 is 0 Å². The van der Waals surface area contributed by atoms with Crippen LogP contribution in [0.15, 0.2) is 0 Å². The standard InChI is InChI=1S/Ba.Ca.Fe.Si.Sr. The summed E-state index contributed by atoms with van der Waals surface area (Å²) in [5.74, 6) is 0. The van der Waals surface area contributed by atoms with Gasteiger partial charge in [0.25, 0.3) is 0 Å². The molecule has 0 aliphatic carbocycles. The van der Waals surface area contributed by atoms with Crippen LogP contribution in [0.25, 0.3) is 0 Å². The van der Waals surface area contributed by atoms with Crippen LogP contribution < -0.4 is 0 Å². The summed E-state index contributed by atoms with van der Waals surface area (Å²) in [6.07, 6.45) is 0. The van der Waals surface area contributed by atoms with Crippen molar-refractivity contribution in [3.63, 3.8) is 0 Å². The molecule has 0 aliphatic rings. The van der Waals surface area contributed by atoms with Gasteiger partial charge in [-0.1, -0.05) is 0 Å². The average Bonchev–Trinajstić information content (AvgIpc) is 0. The topological polar surface area (TPSA) is 0 Å². The molecule has 0 rings (SSSR count). The van der Waals surface area contributed by atoms with Crippen LogP contribution in [0.3, 0.4) is 0 Å². The maximum Gasteiger partial charge on any atom is 0 e. The second-order valence-electron chi connectivity index (χ2n) is 0. The van der Waals surface area contributed by atoms with E-state index in [1.807, 2.05) is 0 Å². The van der Waals surface area contributed by atoms with E-state index in [9.17, 15) is 0 Å². The van der Waals surface area contributed by atoms with E-state index in [0.29, 0.717) is 0 Å². The Morgan fingerprint density at radius 2 is 1.00 bits per heavy atom. The molecule has 10 radical (unpaired) electrons. The minimum absolute atomic E-state index is 0. The first-order valence-electron chi connectivity index (χ1n) is 0. The molecule has 0 unspecified atom stereocenters. The molecule has 5 heavy (non-hydrogen) atoms. The molecule has 0 heterocycles. The van der Waals surface area contributed by atoms with E-state index in [0.717, 1.165) is 0 Å². The molecule has 0 fully saturated rings. The molecular weight excluding hydrogens is 349 g/mol. The van der Waals surface area contributed by atoms with Crippen molar-refractivity contribution in [1.82, 2.24) is 0 Å². The molecule has 18 valence electrons. The van der Waals surface area contributed by atoms with Gasteiger partial charge in [-0.3, -0.25) is 0 Å². The van der Waals surface area contributed by atoms with Gasteiger partial charge in [0.15, 0.2) is 0 Å². The quantitative estimate of drug-likeness (QED) is 0.466. The molecule has 0 amide bonds. The van der Waals surface area contributed by atoms with Crippen LogP contribution in [0.2, 0.25) is 0 Å². The van der Waals surface area contributed by atoms with Crippen LogP contribution >= 0.6 is 0 Å². The van der Waals surface area contributed by atoms with Gasteiger partial charge in [0, 0.05) is 160 Å². The van der Waals surface area contributed by atoms with Crippen molar-refractivity contribution in [3.05, 3.63) is 0 Å². The smallest absolute Gasteiger partial charge is 0 e. The molecule has 0 aliphatic heterocycles. The molecule has 0 aromatic rings. The van der Waals surface area contributed by atoms with Crippen molar-refractivity contribution in [1.29, 1.82) is 0 Å². The largest absolute Gasteiger partial charge is 0 e. The fourth-order valence-electron chi connectivity index (χ4n) is 0. The van der Waals surface area contributed by atoms with Crippen molar-refractivity contribution in [2.75, 3.05) is 0 Å². The third-order valence-corrected chi connectivity index (χ3v) is 0. The summed E-state index contributed by atoms with van der Waals surface area (Å²) in [7, 11) is 0. The maximum absolute atomic E-state index is 0. The predicted octanol–water partition coefficient (Wildman–Crippen LogP) is -1.53. The van der Waals surface area contributed by atoms with Crippen LogP contribution in [0.4, 0.5) is 0 Å². The molecule has 0 aromatic carbocycles. The fourth-order valence-corrected chi connectivity index (χ4v) is 0. The van der Waals surface area contributed by atoms with Crippen molar-refractivity contribution in [2.24, 2.45) is 0 Å². The zero-order valence-corrected chi connectivity index (χ0v) is 15.2. The van der Waals surface area contributed by atoms with Crippen LogP contribution in [-0.2, 0) is 17.1 Å². The van der Waals surface area contributed by atoms with E-state index in [4.69, 9.17) is 0 Å². The van der Waals surface area contributed by atoms with Gasteiger partial charge in [-0.25, -0.2) is 0 Å². The fraction of sp³-hybridized carbons (Fsp3) is 0. The van der Waals surface area contributed by atoms with E-state index < -0.39 is 0 Å². The molecule has 0 saturated carbocycles. The molecule has 0 aromatic heterocycles. The third-order valence-electron chi connectivity index (χ3n) is 0. The summed E-state index contributed by atoms with van der Waals surface area (Å²) >= 11 is 0. The third kappa shape index (κ3) is 17.6. The van der Waals surface area contributed by atoms with Crippen molar-refractivity contribution in [3.8, 4) is 0 Å². The summed E-state index contributed by atoms with van der Waals surface area (Å²) in [6, 6.07) is 0. The normalized spacial score (nSPS) is 0. The van der Waals surface area contributed by atoms with Gasteiger partial charge in [0.05, 0.1) is 0 Å². The number of hydrogen-bond acceptors (Lipinski definition) is 0. The Bertz CT molecular complexity index is 11.6. The maximum atomic E-state index is 0. The van der Waals surface area contributed by atoms with E-state index in [1.165, 1.54) is 0 Å². The predicted molar refractivity (Wildman–Crippen MR) is 23.0 cm³/mol. The van der Waals surface area contributed by atoms with E-state index in [-0.39, 0.29) is 160 Å². The zero-order chi connectivity index (χ0) is 0. The summed E-state index contributed by atoms with van der Waals surface area (Å²) in [5, 5.41) is 0. The molecule has 0 atom stereocenters. The first kappa shape index (κ1) is 32.3. The Kier molecular flexibility index (Phi) is 148. The molecule has 0 N–H and O–H groups in total. The average molecular weight is 349 g/mol. The SMILES string of the molecule is [Ba].[Ca].[Fe].[Si].[Sr]. The van der Waals surface area contributed by atoms with Crippen molar-refractivity contribution < 1.29 is 17.1 Å². The Labute approximate surface area is 155 Å². The van der Waals surface area contributed by atoms with E-state index in [2.05, 4.69) is 0 Å². The van der Waals surface area contributed by atoms with Gasteiger partial charge < -0.3 is 0 Å². The van der Waals surface area contributed by atoms with Gasteiger partial charge in [-0.15, -0.1) is 0 Å². The van der Waals surface area contributed by atoms with Gasteiger partial charge in [0.2, 0.25) is 0 Å². The Morgan fingerprint density at radius 3 is 1.00 bits per heavy atom. The van der Waals surface area contributed by atoms with Crippen LogP contribution in [0.1, 0.15) is 0 Å². The van der Waals surface area contributed by atoms with Crippen LogP contribution in [0, 0.1) is 0 Å². The van der Waals surface area contributed by atoms with Crippen molar-refractivity contribution >= 4 is 143 Å². The zero-order valence-electron chi connectivity index (χ0n) is 2.97. The summed E-state index contributed by atoms with van der Waals surface area (Å²) < 4.78 is 0. The molecule has 5 heteroatoms. The monoisotopic (exact) mass is 350 g/mol. The van der Waals surface area contributed by atoms with Gasteiger partial charge in [-0.2, -0.15) is 0 Å². The molecule has 0 spiro atoms. The van der Waals surface area contributed by atoms with Gasteiger partial charge in [0.1, 0.15) is 0 Å². The summed E-state index contributed by atoms with van der Waals surface area (Å²) in [6.45, 7) is 0. The van der Waals surface area contributed by atoms with Crippen LogP contribution in [-0.4, -0.2) is 143 Å². The molecular formula is BaCaFeSiSr. The first-order valence-corrected chi connectivity index (χ1v) is 0. The Hall–Kier alpha value is 5.05. The number of rotatable bonds is 0. The first-order chi connectivity index (χ1) is 0. The number of hydrogen-bond donors (Lipinski definition) is 0. The van der Waals surface area contributed by atoms with Gasteiger partial charge in [-0.05, 0) is 0 Å². The Morgan fingerprint density at radius 1 is 1.00 bits per heavy atom. The van der Waals surface area contributed by atoms with Crippen LogP contribution in [0.5, 0.6) is 0 Å². The summed E-state index contributed by atoms with van der Waals surface area (Å²) in [5.41, 5.74) is 0. The molecule has 0 nitrogen and oxygen atoms in total. The minimum atomic E-state index is 0. The van der Waals surface area contributed by atoms with E-state index in [1.54, 1.807) is 0 Å². The minimum Gasteiger partial charge on any atom is 0 e. The Balaban J connectivity index is 0. The van der Waals surface area contributed by atoms with E-state index >= 15 is 0 Å². The summed E-state index contributed by atoms with van der Waals surface area (Å²) in [4.78, 5) is 0. The second kappa shape index (κ2) is 23.0. The molecule has 0 bridgehead atoms. The second-order valence-corrected chi connectivity index (χ2v) is 0. The molecule has 0 saturated heterocycles.